The van der Waals surface area contributed by atoms with Crippen molar-refractivity contribution in [1.29, 1.82) is 0 Å². The summed E-state index contributed by atoms with van der Waals surface area (Å²) in [5.41, 5.74) is 2.44. The van der Waals surface area contributed by atoms with Gasteiger partial charge in [-0.1, -0.05) is 36.4 Å². The second-order valence-electron chi connectivity index (χ2n) is 6.43. The summed E-state index contributed by atoms with van der Waals surface area (Å²) >= 11 is 0. The van der Waals surface area contributed by atoms with Crippen molar-refractivity contribution >= 4 is 17.8 Å². The standard InChI is InChI=1S/C22H21F2N3O3/c1-15-12-20(27(26-15)14-17-6-4-3-5-7-17)25-21(28)11-9-16-8-10-18(30-22(23)24)19(13-16)29-2/h3-13,22H,14H2,1-2H3,(H,25,28)/b11-9+. The minimum Gasteiger partial charge on any atom is -0.493 e. The van der Waals surface area contributed by atoms with Crippen LogP contribution in [-0.4, -0.2) is 29.4 Å². The van der Waals surface area contributed by atoms with Crippen LogP contribution in [-0.2, 0) is 11.3 Å². The molecule has 2 aromatic carbocycles. The van der Waals surface area contributed by atoms with Gasteiger partial charge in [-0.3, -0.25) is 4.79 Å². The summed E-state index contributed by atoms with van der Waals surface area (Å²) in [6.45, 7) is -0.575. The van der Waals surface area contributed by atoms with Crippen molar-refractivity contribution in [2.45, 2.75) is 20.1 Å². The van der Waals surface area contributed by atoms with Crippen LogP contribution in [0, 0.1) is 6.92 Å². The highest BCUT2D eigenvalue weighted by molar-refractivity contribution is 6.01. The van der Waals surface area contributed by atoms with Crippen molar-refractivity contribution in [3.05, 3.63) is 77.5 Å². The van der Waals surface area contributed by atoms with Crippen LogP contribution >= 0.6 is 0 Å². The van der Waals surface area contributed by atoms with E-state index < -0.39 is 6.61 Å². The Morgan fingerprint density at radius 3 is 2.63 bits per heavy atom. The van der Waals surface area contributed by atoms with Gasteiger partial charge in [0.25, 0.3) is 0 Å². The first kappa shape index (κ1) is 21.0. The Morgan fingerprint density at radius 2 is 1.93 bits per heavy atom. The van der Waals surface area contributed by atoms with Crippen LogP contribution in [0.15, 0.2) is 60.7 Å². The highest BCUT2D eigenvalue weighted by atomic mass is 19.3. The van der Waals surface area contributed by atoms with Crippen molar-refractivity contribution in [3.63, 3.8) is 0 Å². The highest BCUT2D eigenvalue weighted by Crippen LogP contribution is 2.29. The lowest BCUT2D eigenvalue weighted by Gasteiger charge is -2.10. The molecule has 0 bridgehead atoms. The van der Waals surface area contributed by atoms with Crippen LogP contribution in [0.25, 0.3) is 6.08 Å². The molecule has 0 aliphatic heterocycles. The predicted molar refractivity (Wildman–Crippen MR) is 110 cm³/mol. The molecule has 0 saturated carbocycles. The second kappa shape index (κ2) is 9.69. The summed E-state index contributed by atoms with van der Waals surface area (Å²) < 4.78 is 36.0. The smallest absolute Gasteiger partial charge is 0.387 e. The van der Waals surface area contributed by atoms with Gasteiger partial charge >= 0.3 is 6.61 Å². The third-order valence-electron chi connectivity index (χ3n) is 4.16. The Morgan fingerprint density at radius 1 is 1.17 bits per heavy atom. The molecule has 156 valence electrons. The molecule has 30 heavy (non-hydrogen) atoms. The van der Waals surface area contributed by atoms with E-state index in [1.165, 1.54) is 25.3 Å². The summed E-state index contributed by atoms with van der Waals surface area (Å²) in [5, 5.41) is 7.23. The summed E-state index contributed by atoms with van der Waals surface area (Å²) in [4.78, 5) is 12.4. The van der Waals surface area contributed by atoms with Crippen molar-refractivity contribution in [3.8, 4) is 11.5 Å². The van der Waals surface area contributed by atoms with E-state index in [2.05, 4.69) is 15.2 Å². The number of ether oxygens (including phenoxy) is 2. The maximum atomic E-state index is 12.4. The number of carbonyl (C=O) groups excluding carboxylic acids is 1. The van der Waals surface area contributed by atoms with Gasteiger partial charge in [-0.2, -0.15) is 13.9 Å². The molecule has 0 aliphatic carbocycles. The molecule has 1 heterocycles. The molecule has 0 atom stereocenters. The van der Waals surface area contributed by atoms with Gasteiger partial charge in [0.15, 0.2) is 11.5 Å². The summed E-state index contributed by atoms with van der Waals surface area (Å²) in [7, 11) is 1.35. The van der Waals surface area contributed by atoms with E-state index in [-0.39, 0.29) is 17.4 Å². The molecule has 1 N–H and O–H groups in total. The molecule has 6 nitrogen and oxygen atoms in total. The van der Waals surface area contributed by atoms with Gasteiger partial charge in [-0.25, -0.2) is 4.68 Å². The summed E-state index contributed by atoms with van der Waals surface area (Å²) in [5.74, 6) is 0.296. The predicted octanol–water partition coefficient (Wildman–Crippen LogP) is 4.50. The fourth-order valence-electron chi connectivity index (χ4n) is 2.84. The molecule has 0 aliphatic rings. The fourth-order valence-corrected chi connectivity index (χ4v) is 2.84. The van der Waals surface area contributed by atoms with E-state index in [0.717, 1.165) is 11.3 Å². The monoisotopic (exact) mass is 413 g/mol. The topological polar surface area (TPSA) is 65.4 Å². The van der Waals surface area contributed by atoms with Gasteiger partial charge in [-0.15, -0.1) is 0 Å². The number of methoxy groups -OCH3 is 1. The normalized spacial score (nSPS) is 11.1. The summed E-state index contributed by atoms with van der Waals surface area (Å²) in [6, 6.07) is 16.0. The number of benzene rings is 2. The Hall–Kier alpha value is -3.68. The Labute approximate surface area is 172 Å². The molecule has 3 aromatic rings. The number of nitrogens with zero attached hydrogens (tertiary/aromatic N) is 2. The zero-order valence-corrected chi connectivity index (χ0v) is 16.5. The summed E-state index contributed by atoms with van der Waals surface area (Å²) in [6.07, 6.45) is 2.90. The van der Waals surface area contributed by atoms with Crippen molar-refractivity contribution < 1.29 is 23.0 Å². The fraction of sp³-hybridized carbons (Fsp3) is 0.182. The van der Waals surface area contributed by atoms with E-state index >= 15 is 0 Å². The zero-order valence-electron chi connectivity index (χ0n) is 16.5. The van der Waals surface area contributed by atoms with Gasteiger partial charge in [0.05, 0.1) is 19.3 Å². The average molecular weight is 413 g/mol. The maximum Gasteiger partial charge on any atom is 0.387 e. The first-order valence-electron chi connectivity index (χ1n) is 9.15. The van der Waals surface area contributed by atoms with E-state index in [1.807, 2.05) is 37.3 Å². The van der Waals surface area contributed by atoms with Gasteiger partial charge in [0, 0.05) is 12.1 Å². The van der Waals surface area contributed by atoms with Crippen LogP contribution in [0.4, 0.5) is 14.6 Å². The Bertz CT molecular complexity index is 1030. The third kappa shape index (κ3) is 5.66. The number of anilines is 1. The molecule has 3 rings (SSSR count). The van der Waals surface area contributed by atoms with Crippen molar-refractivity contribution in [2.24, 2.45) is 0 Å². The molecule has 1 aromatic heterocycles. The lowest BCUT2D eigenvalue weighted by Crippen LogP contribution is -2.13. The molecular formula is C22H21F2N3O3. The SMILES string of the molecule is COc1cc(/C=C/C(=O)Nc2cc(C)nn2Cc2ccccc2)ccc1OC(F)F. The number of hydrogen-bond acceptors (Lipinski definition) is 4. The molecule has 0 saturated heterocycles. The number of amides is 1. The largest absolute Gasteiger partial charge is 0.493 e. The molecule has 0 fully saturated rings. The number of alkyl halides is 2. The minimum absolute atomic E-state index is 0.0746. The average Bonchev–Trinajstić information content (AvgIpc) is 3.06. The lowest BCUT2D eigenvalue weighted by atomic mass is 10.2. The Balaban J connectivity index is 1.69. The molecular weight excluding hydrogens is 392 g/mol. The molecule has 8 heteroatoms. The highest BCUT2D eigenvalue weighted by Gasteiger charge is 2.11. The van der Waals surface area contributed by atoms with Crippen LogP contribution < -0.4 is 14.8 Å². The van der Waals surface area contributed by atoms with E-state index in [0.29, 0.717) is 17.9 Å². The van der Waals surface area contributed by atoms with Crippen molar-refractivity contribution in [1.82, 2.24) is 9.78 Å². The molecule has 0 radical (unpaired) electrons. The van der Waals surface area contributed by atoms with E-state index in [1.54, 1.807) is 22.9 Å². The third-order valence-corrected chi connectivity index (χ3v) is 4.16. The van der Waals surface area contributed by atoms with Crippen LogP contribution in [0.2, 0.25) is 0 Å². The number of aromatic nitrogens is 2. The van der Waals surface area contributed by atoms with Crippen LogP contribution in [0.1, 0.15) is 16.8 Å². The van der Waals surface area contributed by atoms with Crippen LogP contribution in [0.5, 0.6) is 11.5 Å². The number of rotatable bonds is 8. The van der Waals surface area contributed by atoms with E-state index in [9.17, 15) is 13.6 Å². The first-order valence-corrected chi connectivity index (χ1v) is 9.15. The van der Waals surface area contributed by atoms with Gasteiger partial charge < -0.3 is 14.8 Å². The van der Waals surface area contributed by atoms with Crippen LogP contribution in [0.3, 0.4) is 0 Å². The minimum atomic E-state index is -2.95. The van der Waals surface area contributed by atoms with E-state index in [4.69, 9.17) is 4.74 Å². The number of aryl methyl sites for hydroxylation is 1. The lowest BCUT2D eigenvalue weighted by molar-refractivity contribution is -0.111. The van der Waals surface area contributed by atoms with Gasteiger partial charge in [0.1, 0.15) is 5.82 Å². The number of carbonyl (C=O) groups is 1. The number of halogens is 2. The molecule has 0 spiro atoms. The van der Waals surface area contributed by atoms with Crippen molar-refractivity contribution in [2.75, 3.05) is 12.4 Å². The van der Waals surface area contributed by atoms with Gasteiger partial charge in [-0.05, 0) is 36.3 Å². The molecule has 1 amide bonds. The zero-order chi connectivity index (χ0) is 21.5. The first-order chi connectivity index (χ1) is 14.4. The second-order valence-corrected chi connectivity index (χ2v) is 6.43. The quantitative estimate of drug-likeness (QED) is 0.552. The van der Waals surface area contributed by atoms with Gasteiger partial charge in [0.2, 0.25) is 5.91 Å². The number of nitrogens with one attached hydrogen (secondary N) is 1. The molecule has 0 unspecified atom stereocenters. The maximum absolute atomic E-state index is 12.4. The number of hydrogen-bond donors (Lipinski definition) is 1. The Kier molecular flexibility index (Phi) is 6.79.